The molecule has 0 aliphatic rings. The van der Waals surface area contributed by atoms with Gasteiger partial charge in [-0.2, -0.15) is 0 Å². The van der Waals surface area contributed by atoms with Crippen LogP contribution >= 0.6 is 34.8 Å². The van der Waals surface area contributed by atoms with E-state index in [9.17, 15) is 14.9 Å². The second kappa shape index (κ2) is 8.38. The maximum Gasteiger partial charge on any atom is 0.269 e. The van der Waals surface area contributed by atoms with E-state index in [0.717, 1.165) is 5.56 Å². The van der Waals surface area contributed by atoms with Crippen molar-refractivity contribution in [2.75, 3.05) is 5.32 Å². The maximum atomic E-state index is 12.2. The highest BCUT2D eigenvalue weighted by molar-refractivity contribution is 6.68. The predicted molar refractivity (Wildman–Crippen MR) is 99.1 cm³/mol. The summed E-state index contributed by atoms with van der Waals surface area (Å²) in [6.45, 7) is 0. The standard InChI is InChI=1S/C16H14Cl3N3O3/c17-16(18,19)15(20-12-6-8-13(9-7-12)22(24)25)21-14(23)10-11-4-2-1-3-5-11/h1-9,15,20H,10H2,(H,21,23)/t15-/m0/s1. The molecule has 0 aliphatic carbocycles. The highest BCUT2D eigenvalue weighted by Crippen LogP contribution is 2.31. The molecule has 0 aliphatic heterocycles. The molecule has 2 aromatic rings. The molecule has 1 amide bonds. The van der Waals surface area contributed by atoms with Crippen molar-refractivity contribution in [3.05, 3.63) is 70.3 Å². The van der Waals surface area contributed by atoms with E-state index in [0.29, 0.717) is 5.69 Å². The van der Waals surface area contributed by atoms with E-state index in [1.807, 2.05) is 30.3 Å². The summed E-state index contributed by atoms with van der Waals surface area (Å²) < 4.78 is -1.83. The van der Waals surface area contributed by atoms with Crippen LogP contribution in [0.1, 0.15) is 5.56 Å². The molecule has 6 nitrogen and oxygen atoms in total. The summed E-state index contributed by atoms with van der Waals surface area (Å²) >= 11 is 17.8. The highest BCUT2D eigenvalue weighted by atomic mass is 35.6. The number of non-ortho nitro benzene ring substituents is 1. The molecular weight excluding hydrogens is 389 g/mol. The molecule has 0 bridgehead atoms. The Morgan fingerprint density at radius 1 is 1.08 bits per heavy atom. The zero-order chi connectivity index (χ0) is 18.4. The van der Waals surface area contributed by atoms with Crippen LogP contribution in [0.5, 0.6) is 0 Å². The molecule has 0 spiro atoms. The van der Waals surface area contributed by atoms with Crippen LogP contribution in [-0.2, 0) is 11.2 Å². The number of hydrogen-bond acceptors (Lipinski definition) is 4. The second-order valence-corrected chi connectivity index (χ2v) is 7.52. The number of nitro benzene ring substituents is 1. The second-order valence-electron chi connectivity index (χ2n) is 5.15. The van der Waals surface area contributed by atoms with Crippen LogP contribution in [0.15, 0.2) is 54.6 Å². The van der Waals surface area contributed by atoms with Crippen molar-refractivity contribution < 1.29 is 9.72 Å². The van der Waals surface area contributed by atoms with E-state index < -0.39 is 14.9 Å². The number of amides is 1. The average Bonchev–Trinajstić information content (AvgIpc) is 2.54. The number of carbonyl (C=O) groups is 1. The smallest absolute Gasteiger partial charge is 0.269 e. The van der Waals surface area contributed by atoms with Crippen LogP contribution in [0.2, 0.25) is 0 Å². The lowest BCUT2D eigenvalue weighted by Crippen LogP contribution is -2.49. The van der Waals surface area contributed by atoms with Crippen molar-refractivity contribution in [3.8, 4) is 0 Å². The van der Waals surface area contributed by atoms with Gasteiger partial charge in [0, 0.05) is 17.8 Å². The van der Waals surface area contributed by atoms with E-state index in [4.69, 9.17) is 34.8 Å². The van der Waals surface area contributed by atoms with Gasteiger partial charge in [-0.3, -0.25) is 14.9 Å². The van der Waals surface area contributed by atoms with Crippen LogP contribution in [-0.4, -0.2) is 20.8 Å². The minimum absolute atomic E-state index is 0.0657. The van der Waals surface area contributed by atoms with Gasteiger partial charge >= 0.3 is 0 Å². The summed E-state index contributed by atoms with van der Waals surface area (Å²) in [4.78, 5) is 22.3. The summed E-state index contributed by atoms with van der Waals surface area (Å²) in [5, 5.41) is 16.1. The van der Waals surface area contributed by atoms with Gasteiger partial charge in [-0.05, 0) is 17.7 Å². The third kappa shape index (κ3) is 6.08. The third-order valence-electron chi connectivity index (χ3n) is 3.23. The summed E-state index contributed by atoms with van der Waals surface area (Å²) in [7, 11) is 0. The lowest BCUT2D eigenvalue weighted by atomic mass is 10.1. The quantitative estimate of drug-likeness (QED) is 0.330. The molecular formula is C16H14Cl3N3O3. The lowest BCUT2D eigenvalue weighted by molar-refractivity contribution is -0.384. The van der Waals surface area contributed by atoms with E-state index in [1.165, 1.54) is 24.3 Å². The molecule has 0 heterocycles. The Kier molecular flexibility index (Phi) is 6.47. The third-order valence-corrected chi connectivity index (χ3v) is 3.88. The largest absolute Gasteiger partial charge is 0.362 e. The number of halogens is 3. The number of anilines is 1. The van der Waals surface area contributed by atoms with Crippen molar-refractivity contribution in [1.82, 2.24) is 5.32 Å². The predicted octanol–water partition coefficient (Wildman–Crippen LogP) is 4.06. The van der Waals surface area contributed by atoms with Crippen LogP contribution in [0.25, 0.3) is 0 Å². The Labute approximate surface area is 159 Å². The van der Waals surface area contributed by atoms with Gasteiger partial charge < -0.3 is 10.6 Å². The molecule has 0 aromatic heterocycles. The van der Waals surface area contributed by atoms with Crippen molar-refractivity contribution >= 4 is 52.1 Å². The van der Waals surface area contributed by atoms with Gasteiger partial charge in [0.2, 0.25) is 9.70 Å². The number of nitro groups is 1. The molecule has 2 rings (SSSR count). The van der Waals surface area contributed by atoms with Crippen molar-refractivity contribution in [1.29, 1.82) is 0 Å². The first-order valence-electron chi connectivity index (χ1n) is 7.17. The summed E-state index contributed by atoms with van der Waals surface area (Å²) in [5.41, 5.74) is 1.21. The highest BCUT2D eigenvalue weighted by Gasteiger charge is 2.34. The molecule has 1 atom stereocenters. The van der Waals surface area contributed by atoms with E-state index in [2.05, 4.69) is 10.6 Å². The number of nitrogens with zero attached hydrogens (tertiary/aromatic N) is 1. The number of hydrogen-bond donors (Lipinski definition) is 2. The monoisotopic (exact) mass is 401 g/mol. The first kappa shape index (κ1) is 19.3. The van der Waals surface area contributed by atoms with E-state index in [1.54, 1.807) is 0 Å². The molecule has 9 heteroatoms. The van der Waals surface area contributed by atoms with E-state index >= 15 is 0 Å². The lowest BCUT2D eigenvalue weighted by Gasteiger charge is -2.27. The fourth-order valence-corrected chi connectivity index (χ4v) is 2.37. The topological polar surface area (TPSA) is 84.3 Å². The minimum Gasteiger partial charge on any atom is -0.362 e. The molecule has 0 unspecified atom stereocenters. The molecule has 0 radical (unpaired) electrons. The molecule has 2 N–H and O–H groups in total. The first-order valence-corrected chi connectivity index (χ1v) is 8.30. The van der Waals surface area contributed by atoms with Crippen LogP contribution < -0.4 is 10.6 Å². The Balaban J connectivity index is 2.06. The van der Waals surface area contributed by atoms with Crippen LogP contribution in [0.4, 0.5) is 11.4 Å². The number of nitrogens with one attached hydrogen (secondary N) is 2. The summed E-state index contributed by atoms with van der Waals surface area (Å²) in [5.74, 6) is -0.336. The van der Waals surface area contributed by atoms with Gasteiger partial charge in [-0.1, -0.05) is 65.1 Å². The molecule has 132 valence electrons. The van der Waals surface area contributed by atoms with Gasteiger partial charge in [0.25, 0.3) is 5.69 Å². The molecule has 0 saturated carbocycles. The average molecular weight is 403 g/mol. The molecule has 2 aromatic carbocycles. The van der Waals surface area contributed by atoms with Crippen molar-refractivity contribution in [2.24, 2.45) is 0 Å². The fraction of sp³-hybridized carbons (Fsp3) is 0.188. The van der Waals surface area contributed by atoms with Crippen LogP contribution in [0.3, 0.4) is 0 Å². The SMILES string of the molecule is O=C(Cc1ccccc1)N[C@H](Nc1ccc([N+](=O)[O-])cc1)C(Cl)(Cl)Cl. The normalized spacial score (nSPS) is 12.3. The number of rotatable bonds is 6. The van der Waals surface area contributed by atoms with Gasteiger partial charge in [0.15, 0.2) is 0 Å². The molecule has 0 fully saturated rings. The summed E-state index contributed by atoms with van der Waals surface area (Å²) in [6.07, 6.45) is -0.893. The number of carbonyl (C=O) groups excluding carboxylic acids is 1. The Bertz CT molecular complexity index is 734. The fourth-order valence-electron chi connectivity index (χ4n) is 2.04. The molecule has 0 saturated heterocycles. The van der Waals surface area contributed by atoms with Gasteiger partial charge in [-0.25, -0.2) is 0 Å². The van der Waals surface area contributed by atoms with Gasteiger partial charge in [-0.15, -0.1) is 0 Å². The Morgan fingerprint density at radius 2 is 1.68 bits per heavy atom. The zero-order valence-electron chi connectivity index (χ0n) is 12.8. The van der Waals surface area contributed by atoms with Gasteiger partial charge in [0.1, 0.15) is 6.17 Å². The number of alkyl halides is 3. The van der Waals surface area contributed by atoms with Crippen molar-refractivity contribution in [2.45, 2.75) is 16.4 Å². The van der Waals surface area contributed by atoms with Crippen molar-refractivity contribution in [3.63, 3.8) is 0 Å². The molecule has 25 heavy (non-hydrogen) atoms. The van der Waals surface area contributed by atoms with Gasteiger partial charge in [0.05, 0.1) is 11.3 Å². The Morgan fingerprint density at radius 3 is 2.20 bits per heavy atom. The maximum absolute atomic E-state index is 12.2. The minimum atomic E-state index is -1.83. The van der Waals surface area contributed by atoms with Crippen LogP contribution in [0, 0.1) is 10.1 Å². The Hall–Kier alpha value is -2.02. The first-order chi connectivity index (χ1) is 11.8. The zero-order valence-corrected chi connectivity index (χ0v) is 15.1. The summed E-state index contributed by atoms with van der Waals surface area (Å²) in [6, 6.07) is 14.7. The van der Waals surface area contributed by atoms with E-state index in [-0.39, 0.29) is 18.0 Å². The number of benzene rings is 2.